The quantitative estimate of drug-likeness (QED) is 0.641. The van der Waals surface area contributed by atoms with E-state index >= 15 is 0 Å². The molecule has 5 nitrogen and oxygen atoms in total. The average Bonchev–Trinajstić information content (AvgIpc) is 2.78. The molecule has 3 aromatic rings. The summed E-state index contributed by atoms with van der Waals surface area (Å²) in [6, 6.07) is 25.0. The molecule has 0 aliphatic rings. The molecule has 0 fully saturated rings. The molecule has 0 saturated carbocycles. The summed E-state index contributed by atoms with van der Waals surface area (Å²) in [5, 5.41) is 3.01. The number of amides is 2. The molecule has 0 aliphatic heterocycles. The first-order valence-corrected chi connectivity index (χ1v) is 9.84. The molecule has 0 saturated heterocycles. The standard InChI is InChI=1S/C25H26N2O3/c1-18(19-13-15-21(16-14-19)20-9-5-4-6-10-20)26-25(29)22-11-7-8-12-23(22)30-17-24(28)27(2)3/h4-16,18H,17H2,1-3H3,(H,26,29). The lowest BCUT2D eigenvalue weighted by atomic mass is 10.0. The van der Waals surface area contributed by atoms with Gasteiger partial charge in [0.2, 0.25) is 0 Å². The number of ether oxygens (including phenoxy) is 1. The summed E-state index contributed by atoms with van der Waals surface area (Å²) < 4.78 is 5.58. The molecule has 0 aromatic heterocycles. The monoisotopic (exact) mass is 402 g/mol. The van der Waals surface area contributed by atoms with Gasteiger partial charge in [-0.15, -0.1) is 0 Å². The Labute approximate surface area is 177 Å². The maximum atomic E-state index is 12.8. The highest BCUT2D eigenvalue weighted by Crippen LogP contribution is 2.23. The molecule has 0 aliphatic carbocycles. The molecule has 1 unspecified atom stereocenters. The van der Waals surface area contributed by atoms with Crippen LogP contribution in [0.4, 0.5) is 0 Å². The zero-order valence-corrected chi connectivity index (χ0v) is 17.5. The second-order valence-electron chi connectivity index (χ2n) is 7.26. The molecule has 5 heteroatoms. The molecule has 154 valence electrons. The number of rotatable bonds is 7. The van der Waals surface area contributed by atoms with Crippen molar-refractivity contribution < 1.29 is 14.3 Å². The third kappa shape index (κ3) is 5.26. The van der Waals surface area contributed by atoms with E-state index in [4.69, 9.17) is 4.74 Å². The van der Waals surface area contributed by atoms with Gasteiger partial charge in [-0.25, -0.2) is 0 Å². The van der Waals surface area contributed by atoms with Crippen LogP contribution in [-0.4, -0.2) is 37.4 Å². The van der Waals surface area contributed by atoms with Crippen molar-refractivity contribution in [1.29, 1.82) is 0 Å². The number of nitrogens with zero attached hydrogens (tertiary/aromatic N) is 1. The van der Waals surface area contributed by atoms with Crippen LogP contribution in [0, 0.1) is 0 Å². The van der Waals surface area contributed by atoms with Crippen LogP contribution in [0.1, 0.15) is 28.9 Å². The Kier molecular flexibility index (Phi) is 6.86. The maximum absolute atomic E-state index is 12.8. The Morgan fingerprint density at radius 2 is 1.47 bits per heavy atom. The highest BCUT2D eigenvalue weighted by atomic mass is 16.5. The summed E-state index contributed by atoms with van der Waals surface area (Å²) in [7, 11) is 3.32. The van der Waals surface area contributed by atoms with Crippen molar-refractivity contribution in [3.63, 3.8) is 0 Å². The van der Waals surface area contributed by atoms with Gasteiger partial charge in [0.1, 0.15) is 5.75 Å². The van der Waals surface area contributed by atoms with Gasteiger partial charge in [-0.3, -0.25) is 9.59 Å². The lowest BCUT2D eigenvalue weighted by Crippen LogP contribution is -2.29. The number of nitrogens with one attached hydrogen (secondary N) is 1. The summed E-state index contributed by atoms with van der Waals surface area (Å²) >= 11 is 0. The molecule has 0 bridgehead atoms. The van der Waals surface area contributed by atoms with Gasteiger partial charge in [-0.05, 0) is 35.7 Å². The Morgan fingerprint density at radius 3 is 2.13 bits per heavy atom. The molecule has 1 atom stereocenters. The Morgan fingerprint density at radius 1 is 0.867 bits per heavy atom. The first-order valence-electron chi connectivity index (χ1n) is 9.84. The van der Waals surface area contributed by atoms with Gasteiger partial charge in [0.25, 0.3) is 11.8 Å². The van der Waals surface area contributed by atoms with Gasteiger partial charge in [-0.2, -0.15) is 0 Å². The zero-order chi connectivity index (χ0) is 21.5. The van der Waals surface area contributed by atoms with Crippen molar-refractivity contribution in [1.82, 2.24) is 10.2 Å². The molecule has 30 heavy (non-hydrogen) atoms. The second kappa shape index (κ2) is 9.74. The Balaban J connectivity index is 1.68. The highest BCUT2D eigenvalue weighted by molar-refractivity contribution is 5.97. The smallest absolute Gasteiger partial charge is 0.259 e. The molecule has 0 radical (unpaired) electrons. The van der Waals surface area contributed by atoms with E-state index in [-0.39, 0.29) is 24.5 Å². The van der Waals surface area contributed by atoms with E-state index in [9.17, 15) is 9.59 Å². The van der Waals surface area contributed by atoms with Crippen LogP contribution in [0.5, 0.6) is 5.75 Å². The molecular formula is C25H26N2O3. The molecule has 1 N–H and O–H groups in total. The van der Waals surface area contributed by atoms with Gasteiger partial charge in [0, 0.05) is 14.1 Å². The fourth-order valence-corrected chi connectivity index (χ4v) is 3.00. The van der Waals surface area contributed by atoms with Crippen LogP contribution < -0.4 is 10.1 Å². The van der Waals surface area contributed by atoms with Gasteiger partial charge >= 0.3 is 0 Å². The topological polar surface area (TPSA) is 58.6 Å². The summed E-state index contributed by atoms with van der Waals surface area (Å²) in [6.07, 6.45) is 0. The number of hydrogen-bond acceptors (Lipinski definition) is 3. The van der Waals surface area contributed by atoms with E-state index in [1.165, 1.54) is 4.90 Å². The summed E-state index contributed by atoms with van der Waals surface area (Å²) in [5.74, 6) is -0.0311. The maximum Gasteiger partial charge on any atom is 0.259 e. The van der Waals surface area contributed by atoms with E-state index in [0.29, 0.717) is 11.3 Å². The molecule has 3 rings (SSSR count). The third-order valence-corrected chi connectivity index (χ3v) is 4.85. The van der Waals surface area contributed by atoms with Gasteiger partial charge in [0.15, 0.2) is 6.61 Å². The molecular weight excluding hydrogens is 376 g/mol. The molecule has 3 aromatic carbocycles. The fourth-order valence-electron chi connectivity index (χ4n) is 3.00. The van der Waals surface area contributed by atoms with Crippen LogP contribution in [0.2, 0.25) is 0 Å². The van der Waals surface area contributed by atoms with E-state index in [2.05, 4.69) is 29.6 Å². The van der Waals surface area contributed by atoms with Crippen molar-refractivity contribution in [3.8, 4) is 16.9 Å². The third-order valence-electron chi connectivity index (χ3n) is 4.85. The Hall–Kier alpha value is -3.60. The first-order chi connectivity index (χ1) is 14.5. The van der Waals surface area contributed by atoms with Crippen LogP contribution in [0.25, 0.3) is 11.1 Å². The number of carbonyl (C=O) groups is 2. The van der Waals surface area contributed by atoms with E-state index < -0.39 is 0 Å². The lowest BCUT2D eigenvalue weighted by molar-refractivity contribution is -0.130. The number of benzene rings is 3. The first kappa shape index (κ1) is 21.1. The number of hydrogen-bond donors (Lipinski definition) is 1. The number of likely N-dealkylation sites (N-methyl/N-ethyl adjacent to an activating group) is 1. The van der Waals surface area contributed by atoms with Gasteiger partial charge < -0.3 is 15.0 Å². The predicted octanol–water partition coefficient (Wildman–Crippen LogP) is 4.31. The fraction of sp³-hybridized carbons (Fsp3) is 0.200. The minimum absolute atomic E-state index is 0.117. The van der Waals surface area contributed by atoms with E-state index in [1.54, 1.807) is 38.4 Å². The van der Waals surface area contributed by atoms with Crippen molar-refractivity contribution in [3.05, 3.63) is 90.0 Å². The largest absolute Gasteiger partial charge is 0.483 e. The number of carbonyl (C=O) groups excluding carboxylic acids is 2. The zero-order valence-electron chi connectivity index (χ0n) is 17.5. The van der Waals surface area contributed by atoms with E-state index in [1.807, 2.05) is 37.3 Å². The lowest BCUT2D eigenvalue weighted by Gasteiger charge is -2.17. The van der Waals surface area contributed by atoms with Crippen LogP contribution >= 0.6 is 0 Å². The van der Waals surface area contributed by atoms with Crippen LogP contribution in [0.15, 0.2) is 78.9 Å². The predicted molar refractivity (Wildman–Crippen MR) is 118 cm³/mol. The molecule has 0 heterocycles. The van der Waals surface area contributed by atoms with Crippen molar-refractivity contribution in [2.75, 3.05) is 20.7 Å². The van der Waals surface area contributed by atoms with E-state index in [0.717, 1.165) is 16.7 Å². The summed E-state index contributed by atoms with van der Waals surface area (Å²) in [5.41, 5.74) is 3.68. The number of para-hydroxylation sites is 1. The SMILES string of the molecule is CC(NC(=O)c1ccccc1OCC(=O)N(C)C)c1ccc(-c2ccccc2)cc1. The minimum Gasteiger partial charge on any atom is -0.483 e. The van der Waals surface area contributed by atoms with Gasteiger partial charge in [0.05, 0.1) is 11.6 Å². The molecule has 2 amide bonds. The summed E-state index contributed by atoms with van der Waals surface area (Å²) in [6.45, 7) is 1.82. The minimum atomic E-state index is -0.248. The van der Waals surface area contributed by atoms with Gasteiger partial charge in [-0.1, -0.05) is 66.7 Å². The van der Waals surface area contributed by atoms with Crippen LogP contribution in [0.3, 0.4) is 0 Å². The van der Waals surface area contributed by atoms with Crippen LogP contribution in [-0.2, 0) is 4.79 Å². The Bertz CT molecular complexity index is 998. The van der Waals surface area contributed by atoms with Crippen molar-refractivity contribution in [2.45, 2.75) is 13.0 Å². The van der Waals surface area contributed by atoms with Crippen molar-refractivity contribution in [2.24, 2.45) is 0 Å². The average molecular weight is 402 g/mol. The molecule has 0 spiro atoms. The van der Waals surface area contributed by atoms with Crippen molar-refractivity contribution >= 4 is 11.8 Å². The summed E-state index contributed by atoms with van der Waals surface area (Å²) in [4.78, 5) is 26.1. The second-order valence-corrected chi connectivity index (χ2v) is 7.26. The normalized spacial score (nSPS) is 11.4. The highest BCUT2D eigenvalue weighted by Gasteiger charge is 2.16.